The SMILES string of the molecule is CCCCC1CCC(CN(C)CCNCCC)CC1. The van der Waals surface area contributed by atoms with Crippen LogP contribution in [0.5, 0.6) is 0 Å². The molecule has 0 aromatic carbocycles. The quantitative estimate of drug-likeness (QED) is 0.604. The van der Waals surface area contributed by atoms with Crippen molar-refractivity contribution in [2.75, 3.05) is 33.2 Å². The molecule has 0 heterocycles. The molecule has 0 aromatic rings. The van der Waals surface area contributed by atoms with Crippen LogP contribution in [0.2, 0.25) is 0 Å². The number of hydrogen-bond donors (Lipinski definition) is 1. The van der Waals surface area contributed by atoms with Gasteiger partial charge in [-0.1, -0.05) is 46.0 Å². The second-order valence-corrected chi connectivity index (χ2v) is 6.54. The van der Waals surface area contributed by atoms with Gasteiger partial charge in [-0.3, -0.25) is 0 Å². The van der Waals surface area contributed by atoms with Crippen LogP contribution in [0.1, 0.15) is 65.2 Å². The number of likely N-dealkylation sites (N-methyl/N-ethyl adjacent to an activating group) is 1. The van der Waals surface area contributed by atoms with Crippen LogP contribution in [0, 0.1) is 11.8 Å². The second-order valence-electron chi connectivity index (χ2n) is 6.54. The Morgan fingerprint density at radius 1 is 0.947 bits per heavy atom. The highest BCUT2D eigenvalue weighted by Gasteiger charge is 2.21. The fraction of sp³-hybridized carbons (Fsp3) is 1.00. The van der Waals surface area contributed by atoms with Crippen molar-refractivity contribution in [2.24, 2.45) is 11.8 Å². The molecule has 1 aliphatic rings. The first kappa shape index (κ1) is 17.0. The van der Waals surface area contributed by atoms with Gasteiger partial charge in [0.2, 0.25) is 0 Å². The molecule has 1 aliphatic carbocycles. The molecule has 2 nitrogen and oxygen atoms in total. The normalized spacial score (nSPS) is 24.0. The van der Waals surface area contributed by atoms with E-state index in [-0.39, 0.29) is 0 Å². The van der Waals surface area contributed by atoms with E-state index in [0.717, 1.165) is 24.9 Å². The van der Waals surface area contributed by atoms with Gasteiger partial charge in [0.25, 0.3) is 0 Å². The summed E-state index contributed by atoms with van der Waals surface area (Å²) in [5.41, 5.74) is 0. The van der Waals surface area contributed by atoms with Crippen LogP contribution in [-0.4, -0.2) is 38.1 Å². The third-order valence-corrected chi connectivity index (χ3v) is 4.60. The minimum atomic E-state index is 0.967. The maximum atomic E-state index is 3.49. The summed E-state index contributed by atoms with van der Waals surface area (Å²) < 4.78 is 0. The van der Waals surface area contributed by atoms with Crippen LogP contribution >= 0.6 is 0 Å². The number of nitrogens with one attached hydrogen (secondary N) is 1. The topological polar surface area (TPSA) is 15.3 Å². The van der Waals surface area contributed by atoms with Crippen LogP contribution in [0.15, 0.2) is 0 Å². The van der Waals surface area contributed by atoms with Crippen LogP contribution in [0.4, 0.5) is 0 Å². The molecule has 0 amide bonds. The Labute approximate surface area is 121 Å². The molecule has 114 valence electrons. The lowest BCUT2D eigenvalue weighted by molar-refractivity contribution is 0.198. The van der Waals surface area contributed by atoms with E-state index in [1.807, 2.05) is 0 Å². The van der Waals surface area contributed by atoms with Crippen molar-refractivity contribution in [1.29, 1.82) is 0 Å². The summed E-state index contributed by atoms with van der Waals surface area (Å²) in [4.78, 5) is 2.53. The third kappa shape index (κ3) is 7.94. The molecule has 0 saturated heterocycles. The van der Waals surface area contributed by atoms with Crippen LogP contribution in [0.3, 0.4) is 0 Å². The van der Waals surface area contributed by atoms with Gasteiger partial charge < -0.3 is 10.2 Å². The summed E-state index contributed by atoms with van der Waals surface area (Å²) >= 11 is 0. The summed E-state index contributed by atoms with van der Waals surface area (Å²) in [6.07, 6.45) is 11.5. The Bertz CT molecular complexity index is 197. The first-order chi connectivity index (χ1) is 9.26. The highest BCUT2D eigenvalue weighted by molar-refractivity contribution is 4.74. The summed E-state index contributed by atoms with van der Waals surface area (Å²) in [7, 11) is 2.29. The fourth-order valence-electron chi connectivity index (χ4n) is 3.30. The average molecular weight is 268 g/mol. The number of nitrogens with zero attached hydrogens (tertiary/aromatic N) is 1. The van der Waals surface area contributed by atoms with Gasteiger partial charge in [-0.25, -0.2) is 0 Å². The zero-order chi connectivity index (χ0) is 13.9. The smallest absolute Gasteiger partial charge is 0.0104 e. The van der Waals surface area contributed by atoms with Crippen LogP contribution < -0.4 is 5.32 Å². The van der Waals surface area contributed by atoms with Gasteiger partial charge in [0.15, 0.2) is 0 Å². The lowest BCUT2D eigenvalue weighted by Crippen LogP contribution is -2.34. The first-order valence-electron chi connectivity index (χ1n) is 8.65. The Morgan fingerprint density at radius 2 is 1.63 bits per heavy atom. The van der Waals surface area contributed by atoms with Crippen molar-refractivity contribution in [3.05, 3.63) is 0 Å². The molecule has 1 N–H and O–H groups in total. The van der Waals surface area contributed by atoms with E-state index in [1.165, 1.54) is 64.5 Å². The molecule has 0 aromatic heterocycles. The molecule has 1 rings (SSSR count). The highest BCUT2D eigenvalue weighted by Crippen LogP contribution is 2.32. The van der Waals surface area contributed by atoms with Crippen molar-refractivity contribution in [2.45, 2.75) is 65.2 Å². The molecular formula is C17H36N2. The molecule has 0 atom stereocenters. The molecule has 2 heteroatoms. The average Bonchev–Trinajstić information content (AvgIpc) is 2.43. The van der Waals surface area contributed by atoms with E-state index >= 15 is 0 Å². The number of unbranched alkanes of at least 4 members (excludes halogenated alkanes) is 1. The molecule has 0 radical (unpaired) electrons. The van der Waals surface area contributed by atoms with Gasteiger partial charge in [-0.05, 0) is 44.7 Å². The van der Waals surface area contributed by atoms with Gasteiger partial charge in [-0.2, -0.15) is 0 Å². The molecule has 1 saturated carbocycles. The standard InChI is InChI=1S/C17H36N2/c1-4-6-7-16-8-10-17(11-9-16)15-19(3)14-13-18-12-5-2/h16-18H,4-15H2,1-3H3. The lowest BCUT2D eigenvalue weighted by Gasteiger charge is -2.31. The van der Waals surface area contributed by atoms with E-state index < -0.39 is 0 Å². The van der Waals surface area contributed by atoms with E-state index in [4.69, 9.17) is 0 Å². The van der Waals surface area contributed by atoms with Crippen LogP contribution in [-0.2, 0) is 0 Å². The molecule has 0 aliphatic heterocycles. The number of hydrogen-bond acceptors (Lipinski definition) is 2. The number of rotatable bonds is 10. The molecule has 0 unspecified atom stereocenters. The van der Waals surface area contributed by atoms with Crippen molar-refractivity contribution in [1.82, 2.24) is 10.2 Å². The van der Waals surface area contributed by atoms with Crippen LogP contribution in [0.25, 0.3) is 0 Å². The maximum Gasteiger partial charge on any atom is 0.0104 e. The van der Waals surface area contributed by atoms with E-state index in [0.29, 0.717) is 0 Å². The molecule has 1 fully saturated rings. The monoisotopic (exact) mass is 268 g/mol. The van der Waals surface area contributed by atoms with Gasteiger partial charge in [0.1, 0.15) is 0 Å². The minimum Gasteiger partial charge on any atom is -0.315 e. The molecule has 19 heavy (non-hydrogen) atoms. The predicted octanol–water partition coefficient (Wildman–Crippen LogP) is 3.91. The summed E-state index contributed by atoms with van der Waals surface area (Å²) in [6, 6.07) is 0. The second kappa shape index (κ2) is 10.7. The summed E-state index contributed by atoms with van der Waals surface area (Å²) in [5, 5.41) is 3.49. The summed E-state index contributed by atoms with van der Waals surface area (Å²) in [6.45, 7) is 9.37. The summed E-state index contributed by atoms with van der Waals surface area (Å²) in [5.74, 6) is 2.02. The van der Waals surface area contributed by atoms with E-state index in [9.17, 15) is 0 Å². The Kier molecular flexibility index (Phi) is 9.54. The highest BCUT2D eigenvalue weighted by atomic mass is 15.1. The van der Waals surface area contributed by atoms with E-state index in [1.54, 1.807) is 0 Å². The molecule has 0 spiro atoms. The predicted molar refractivity (Wildman–Crippen MR) is 85.6 cm³/mol. The zero-order valence-corrected chi connectivity index (χ0v) is 13.6. The molecular weight excluding hydrogens is 232 g/mol. The Morgan fingerprint density at radius 3 is 2.26 bits per heavy atom. The zero-order valence-electron chi connectivity index (χ0n) is 13.6. The Balaban J connectivity index is 2.04. The third-order valence-electron chi connectivity index (χ3n) is 4.60. The first-order valence-corrected chi connectivity index (χ1v) is 8.65. The van der Waals surface area contributed by atoms with Gasteiger partial charge >= 0.3 is 0 Å². The fourth-order valence-corrected chi connectivity index (χ4v) is 3.30. The lowest BCUT2D eigenvalue weighted by atomic mass is 9.79. The molecule has 0 bridgehead atoms. The minimum absolute atomic E-state index is 0.967. The van der Waals surface area contributed by atoms with Crippen molar-refractivity contribution < 1.29 is 0 Å². The Hall–Kier alpha value is -0.0800. The van der Waals surface area contributed by atoms with E-state index in [2.05, 4.69) is 31.1 Å². The maximum absolute atomic E-state index is 3.49. The van der Waals surface area contributed by atoms with Gasteiger partial charge in [0, 0.05) is 19.6 Å². The van der Waals surface area contributed by atoms with Gasteiger partial charge in [0.05, 0.1) is 0 Å². The van der Waals surface area contributed by atoms with Gasteiger partial charge in [-0.15, -0.1) is 0 Å². The van der Waals surface area contributed by atoms with Crippen molar-refractivity contribution in [3.8, 4) is 0 Å². The largest absolute Gasteiger partial charge is 0.315 e. The van der Waals surface area contributed by atoms with Crippen molar-refractivity contribution >= 4 is 0 Å². The van der Waals surface area contributed by atoms with Crippen molar-refractivity contribution in [3.63, 3.8) is 0 Å².